The Kier molecular flexibility index (Phi) is 55.3. The van der Waals surface area contributed by atoms with Gasteiger partial charge in [0, 0.05) is 19.3 Å². The Morgan fingerprint density at radius 3 is 0.899 bits per heavy atom. The summed E-state index contributed by atoms with van der Waals surface area (Å²) in [6.07, 6.45) is 72.1. The van der Waals surface area contributed by atoms with Crippen LogP contribution in [0.3, 0.4) is 0 Å². The van der Waals surface area contributed by atoms with Crippen molar-refractivity contribution in [2.45, 2.75) is 309 Å². The van der Waals surface area contributed by atoms with Crippen LogP contribution < -0.4 is 0 Å². The highest BCUT2D eigenvalue weighted by Crippen LogP contribution is 2.16. The van der Waals surface area contributed by atoms with E-state index in [-0.39, 0.29) is 31.1 Å². The molecule has 0 unspecified atom stereocenters. The predicted octanol–water partition coefficient (Wildman–Crippen LogP) is 20.0. The highest BCUT2D eigenvalue weighted by atomic mass is 16.6. The van der Waals surface area contributed by atoms with Gasteiger partial charge in [0.05, 0.1) is 0 Å². The van der Waals surface area contributed by atoms with Gasteiger partial charge in [0.1, 0.15) is 13.2 Å². The molecule has 0 radical (unpaired) electrons. The van der Waals surface area contributed by atoms with Crippen molar-refractivity contribution in [2.75, 3.05) is 13.2 Å². The topological polar surface area (TPSA) is 78.9 Å². The maximum absolute atomic E-state index is 12.9. The molecule has 0 aromatic rings. The molecule has 0 aromatic heterocycles. The minimum Gasteiger partial charge on any atom is -0.462 e. The van der Waals surface area contributed by atoms with Crippen LogP contribution in [-0.4, -0.2) is 37.2 Å². The van der Waals surface area contributed by atoms with Gasteiger partial charge in [-0.2, -0.15) is 0 Å². The van der Waals surface area contributed by atoms with Crippen molar-refractivity contribution >= 4 is 17.9 Å². The van der Waals surface area contributed by atoms with Crippen LogP contribution in [0.5, 0.6) is 0 Å². The number of hydrogen-bond acceptors (Lipinski definition) is 6. The average molecular weight is 966 g/mol. The number of rotatable bonds is 54. The van der Waals surface area contributed by atoms with E-state index in [0.29, 0.717) is 19.3 Å². The fourth-order valence-corrected chi connectivity index (χ4v) is 8.51. The second-order valence-electron chi connectivity index (χ2n) is 19.9. The Bertz CT molecular complexity index is 1250. The van der Waals surface area contributed by atoms with Gasteiger partial charge in [0.25, 0.3) is 0 Å². The highest BCUT2D eigenvalue weighted by molar-refractivity contribution is 5.71. The molecule has 400 valence electrons. The number of unbranched alkanes of at least 4 members (excludes halogenated alkanes) is 33. The third kappa shape index (κ3) is 55.9. The van der Waals surface area contributed by atoms with E-state index in [4.69, 9.17) is 14.2 Å². The maximum Gasteiger partial charge on any atom is 0.306 e. The van der Waals surface area contributed by atoms with E-state index in [1.165, 1.54) is 161 Å². The molecule has 0 spiro atoms. The number of carbonyl (C=O) groups excluding carboxylic acids is 3. The maximum atomic E-state index is 12.9. The molecule has 0 N–H and O–H groups in total. The van der Waals surface area contributed by atoms with Gasteiger partial charge in [-0.3, -0.25) is 14.4 Å². The molecule has 0 saturated heterocycles. The van der Waals surface area contributed by atoms with Gasteiger partial charge in [-0.1, -0.05) is 242 Å². The molecule has 69 heavy (non-hydrogen) atoms. The summed E-state index contributed by atoms with van der Waals surface area (Å²) in [6.45, 7) is 6.53. The van der Waals surface area contributed by atoms with Crippen molar-refractivity contribution in [3.8, 4) is 0 Å². The standard InChI is InChI=1S/C63H112O6/c1-4-7-10-13-16-19-22-25-28-29-30-31-32-33-36-39-42-45-48-51-54-57-63(66)69-60(58-67-61(64)55-52-49-46-43-40-37-34-26-23-20-17-14-11-8-5-2)59-68-62(65)56-53-50-47-44-41-38-35-27-24-21-18-15-12-9-6-3/h8,11,17,20,25-28,34-35,60H,4-7,9-10,12-16,18-19,21-24,29-33,36-59H2,1-3H3/b11-8-,20-17-,28-25-,34-26-,35-27-/t60-/m1/s1. The van der Waals surface area contributed by atoms with Gasteiger partial charge < -0.3 is 14.2 Å². The molecule has 0 amide bonds. The van der Waals surface area contributed by atoms with Crippen molar-refractivity contribution < 1.29 is 28.6 Å². The molecule has 0 saturated carbocycles. The van der Waals surface area contributed by atoms with Crippen LogP contribution in [0.1, 0.15) is 303 Å². The van der Waals surface area contributed by atoms with Crippen molar-refractivity contribution in [3.05, 3.63) is 60.8 Å². The van der Waals surface area contributed by atoms with Crippen LogP contribution in [-0.2, 0) is 28.6 Å². The van der Waals surface area contributed by atoms with Gasteiger partial charge in [-0.05, 0) is 103 Å². The second kappa shape index (κ2) is 57.7. The lowest BCUT2D eigenvalue weighted by Gasteiger charge is -2.18. The number of carbonyl (C=O) groups is 3. The van der Waals surface area contributed by atoms with Gasteiger partial charge in [-0.15, -0.1) is 0 Å². The molecule has 0 aromatic carbocycles. The first-order chi connectivity index (χ1) is 34.0. The average Bonchev–Trinajstić information content (AvgIpc) is 3.35. The number of allylic oxidation sites excluding steroid dienone is 10. The molecule has 0 aliphatic heterocycles. The van der Waals surface area contributed by atoms with Crippen LogP contribution in [0.25, 0.3) is 0 Å². The molecular formula is C63H112O6. The quantitative estimate of drug-likeness (QED) is 0.0262. The molecule has 6 heteroatoms. The summed E-state index contributed by atoms with van der Waals surface area (Å²) in [5.41, 5.74) is 0. The zero-order valence-corrected chi connectivity index (χ0v) is 45.8. The van der Waals surface area contributed by atoms with Gasteiger partial charge in [0.2, 0.25) is 0 Å². The van der Waals surface area contributed by atoms with Crippen LogP contribution >= 0.6 is 0 Å². The van der Waals surface area contributed by atoms with Crippen molar-refractivity contribution in [1.29, 1.82) is 0 Å². The molecule has 6 nitrogen and oxygen atoms in total. The van der Waals surface area contributed by atoms with Crippen LogP contribution in [0.2, 0.25) is 0 Å². The van der Waals surface area contributed by atoms with Gasteiger partial charge >= 0.3 is 17.9 Å². The molecule has 0 aliphatic carbocycles. The molecule has 0 rings (SSSR count). The number of esters is 3. The summed E-state index contributed by atoms with van der Waals surface area (Å²) in [5, 5.41) is 0. The highest BCUT2D eigenvalue weighted by Gasteiger charge is 2.19. The minimum atomic E-state index is -0.785. The Labute approximate surface area is 428 Å². The van der Waals surface area contributed by atoms with Crippen LogP contribution in [0.15, 0.2) is 60.8 Å². The molecule has 0 fully saturated rings. The second-order valence-corrected chi connectivity index (χ2v) is 19.9. The number of hydrogen-bond donors (Lipinski definition) is 0. The number of ether oxygens (including phenoxy) is 3. The van der Waals surface area contributed by atoms with Crippen molar-refractivity contribution in [1.82, 2.24) is 0 Å². The summed E-state index contributed by atoms with van der Waals surface area (Å²) in [4.78, 5) is 38.2. The molecule has 0 heterocycles. The SMILES string of the molecule is CC/C=C\C/C=C\C/C=C\CCCCCCCC(=O)OC[C@H](COC(=O)CCCCCCC/C=C\CCCCCCCC)OC(=O)CCCCCCCCCCCCC/C=C\CCCCCCCC. The van der Waals surface area contributed by atoms with E-state index in [2.05, 4.69) is 81.5 Å². The zero-order valence-electron chi connectivity index (χ0n) is 45.8. The molecular weight excluding hydrogens is 853 g/mol. The summed E-state index contributed by atoms with van der Waals surface area (Å²) in [6, 6.07) is 0. The smallest absolute Gasteiger partial charge is 0.306 e. The van der Waals surface area contributed by atoms with E-state index in [1.807, 2.05) is 0 Å². The summed E-state index contributed by atoms with van der Waals surface area (Å²) in [5.74, 6) is -0.896. The van der Waals surface area contributed by atoms with Crippen LogP contribution in [0, 0.1) is 0 Å². The Morgan fingerprint density at radius 1 is 0.304 bits per heavy atom. The molecule has 0 aliphatic rings. The lowest BCUT2D eigenvalue weighted by atomic mass is 10.0. The monoisotopic (exact) mass is 965 g/mol. The largest absolute Gasteiger partial charge is 0.462 e. The fraction of sp³-hybridized carbons (Fsp3) is 0.794. The summed E-state index contributed by atoms with van der Waals surface area (Å²) in [7, 11) is 0. The fourth-order valence-electron chi connectivity index (χ4n) is 8.51. The summed E-state index contributed by atoms with van der Waals surface area (Å²) < 4.78 is 16.9. The third-order valence-corrected chi connectivity index (χ3v) is 13.0. The lowest BCUT2D eigenvalue weighted by Crippen LogP contribution is -2.30. The third-order valence-electron chi connectivity index (χ3n) is 13.0. The van der Waals surface area contributed by atoms with Crippen LogP contribution in [0.4, 0.5) is 0 Å². The molecule has 1 atom stereocenters. The normalized spacial score (nSPS) is 12.4. The molecule has 0 bridgehead atoms. The Morgan fingerprint density at radius 2 is 0.565 bits per heavy atom. The summed E-state index contributed by atoms with van der Waals surface area (Å²) >= 11 is 0. The van der Waals surface area contributed by atoms with E-state index >= 15 is 0 Å². The van der Waals surface area contributed by atoms with E-state index in [1.54, 1.807) is 0 Å². The minimum absolute atomic E-state index is 0.0830. The van der Waals surface area contributed by atoms with E-state index in [9.17, 15) is 14.4 Å². The first-order valence-corrected chi connectivity index (χ1v) is 29.8. The van der Waals surface area contributed by atoms with E-state index in [0.717, 1.165) is 103 Å². The Hall–Kier alpha value is -2.89. The van der Waals surface area contributed by atoms with Gasteiger partial charge in [-0.25, -0.2) is 0 Å². The lowest BCUT2D eigenvalue weighted by molar-refractivity contribution is -0.167. The van der Waals surface area contributed by atoms with Gasteiger partial charge in [0.15, 0.2) is 6.10 Å². The zero-order chi connectivity index (χ0) is 50.0. The predicted molar refractivity (Wildman–Crippen MR) is 298 cm³/mol. The van der Waals surface area contributed by atoms with Crippen molar-refractivity contribution in [2.24, 2.45) is 0 Å². The first kappa shape index (κ1) is 66.1. The first-order valence-electron chi connectivity index (χ1n) is 29.8. The van der Waals surface area contributed by atoms with E-state index < -0.39 is 6.10 Å². The Balaban J connectivity index is 4.36. The van der Waals surface area contributed by atoms with Crippen molar-refractivity contribution in [3.63, 3.8) is 0 Å².